The summed E-state index contributed by atoms with van der Waals surface area (Å²) in [4.78, 5) is 2.70. The Morgan fingerprint density at radius 1 is 1.00 bits per heavy atom. The van der Waals surface area contributed by atoms with E-state index in [1.54, 1.807) is 11.1 Å². The zero-order valence-corrected chi connectivity index (χ0v) is 11.4. The molecule has 1 aromatic rings. The highest BCUT2D eigenvalue weighted by atomic mass is 15.2. The van der Waals surface area contributed by atoms with E-state index in [9.17, 15) is 0 Å². The molecular weight excluding hydrogens is 218 g/mol. The van der Waals surface area contributed by atoms with Crippen LogP contribution in [0.4, 0.5) is 0 Å². The van der Waals surface area contributed by atoms with Gasteiger partial charge in [-0.1, -0.05) is 37.1 Å². The molecule has 0 N–H and O–H groups in total. The number of aryl methyl sites for hydroxylation is 1. The number of hydrogen-bond donors (Lipinski definition) is 0. The normalized spacial score (nSPS) is 38.9. The van der Waals surface area contributed by atoms with Crippen molar-refractivity contribution in [2.45, 2.75) is 50.5 Å². The van der Waals surface area contributed by atoms with E-state index in [0.717, 1.165) is 0 Å². The number of nitrogens with zero attached hydrogens (tertiary/aromatic N) is 1. The number of fused-ring (bicyclic) bond motifs is 1. The van der Waals surface area contributed by atoms with Crippen molar-refractivity contribution in [2.75, 3.05) is 13.6 Å². The topological polar surface area (TPSA) is 3.24 Å². The van der Waals surface area contributed by atoms with E-state index < -0.39 is 0 Å². The molecule has 1 saturated heterocycles. The van der Waals surface area contributed by atoms with Crippen LogP contribution < -0.4 is 0 Å². The van der Waals surface area contributed by atoms with Crippen molar-refractivity contribution >= 4 is 0 Å². The van der Waals surface area contributed by atoms with Crippen molar-refractivity contribution in [1.82, 2.24) is 4.90 Å². The minimum atomic E-state index is 0.389. The highest BCUT2D eigenvalue weighted by Crippen LogP contribution is 2.64. The zero-order chi connectivity index (χ0) is 12.2. The molecule has 0 unspecified atom stereocenters. The first-order valence-corrected chi connectivity index (χ1v) is 7.58. The fraction of sp³-hybridized carbons (Fsp3) is 0.647. The van der Waals surface area contributed by atoms with Gasteiger partial charge in [0, 0.05) is 0 Å². The van der Waals surface area contributed by atoms with E-state index in [1.165, 1.54) is 51.5 Å². The monoisotopic (exact) mass is 241 g/mol. The van der Waals surface area contributed by atoms with Crippen LogP contribution in [0.3, 0.4) is 0 Å². The maximum Gasteiger partial charge on any atom is 0.0517 e. The average Bonchev–Trinajstić information content (AvgIpc) is 2.74. The molecule has 2 aliphatic carbocycles. The lowest BCUT2D eigenvalue weighted by atomic mass is 9.53. The summed E-state index contributed by atoms with van der Waals surface area (Å²) in [6.45, 7) is 1.30. The van der Waals surface area contributed by atoms with Crippen LogP contribution >= 0.6 is 0 Å². The Labute approximate surface area is 110 Å². The van der Waals surface area contributed by atoms with Gasteiger partial charge in [-0.15, -0.1) is 0 Å². The number of rotatable bonds is 0. The molecule has 18 heavy (non-hydrogen) atoms. The Morgan fingerprint density at radius 2 is 1.83 bits per heavy atom. The van der Waals surface area contributed by atoms with Crippen molar-refractivity contribution in [3.05, 3.63) is 35.4 Å². The molecule has 1 heterocycles. The Bertz CT molecular complexity index is 476. The molecule has 0 spiro atoms. The van der Waals surface area contributed by atoms with E-state index in [2.05, 4.69) is 36.2 Å². The lowest BCUT2D eigenvalue weighted by molar-refractivity contribution is -0.0133. The molecule has 1 aromatic carbocycles. The van der Waals surface area contributed by atoms with Crippen molar-refractivity contribution in [2.24, 2.45) is 5.41 Å². The van der Waals surface area contributed by atoms with Crippen LogP contribution in [0, 0.1) is 5.41 Å². The summed E-state index contributed by atoms with van der Waals surface area (Å²) in [5.41, 5.74) is 4.30. The van der Waals surface area contributed by atoms with Crippen LogP contribution in [-0.2, 0) is 12.0 Å². The maximum absolute atomic E-state index is 2.70. The van der Waals surface area contributed by atoms with Crippen LogP contribution in [0.15, 0.2) is 24.3 Å². The van der Waals surface area contributed by atoms with Gasteiger partial charge in [0.05, 0.1) is 5.54 Å². The summed E-state index contributed by atoms with van der Waals surface area (Å²) in [5, 5.41) is 0. The first-order chi connectivity index (χ1) is 8.79. The summed E-state index contributed by atoms with van der Waals surface area (Å²) < 4.78 is 0. The van der Waals surface area contributed by atoms with Crippen LogP contribution in [0.1, 0.15) is 49.7 Å². The van der Waals surface area contributed by atoms with Crippen molar-refractivity contribution in [3.8, 4) is 0 Å². The summed E-state index contributed by atoms with van der Waals surface area (Å²) in [6, 6.07) is 9.27. The predicted octanol–water partition coefficient (Wildman–Crippen LogP) is 3.72. The fourth-order valence-corrected chi connectivity index (χ4v) is 5.41. The van der Waals surface area contributed by atoms with E-state index in [1.807, 2.05) is 0 Å². The van der Waals surface area contributed by atoms with Gasteiger partial charge in [-0.3, -0.25) is 4.90 Å². The number of hydrogen-bond acceptors (Lipinski definition) is 1. The second kappa shape index (κ2) is 3.60. The van der Waals surface area contributed by atoms with Crippen molar-refractivity contribution < 1.29 is 0 Å². The van der Waals surface area contributed by atoms with Crippen molar-refractivity contribution in [1.29, 1.82) is 0 Å². The molecule has 0 bridgehead atoms. The summed E-state index contributed by atoms with van der Waals surface area (Å²) >= 11 is 0. The highest BCUT2D eigenvalue weighted by molar-refractivity contribution is 5.41. The molecule has 0 amide bonds. The number of benzene rings is 1. The molecule has 1 heteroatoms. The minimum absolute atomic E-state index is 0.389. The van der Waals surface area contributed by atoms with Crippen LogP contribution in [0.25, 0.3) is 0 Å². The molecule has 0 aromatic heterocycles. The minimum Gasteiger partial charge on any atom is -0.296 e. The SMILES string of the molecule is CN1CC[C@]23CCCC[C@]12c1ccccc1CC3. The second-order valence-electron chi connectivity index (χ2n) is 6.68. The van der Waals surface area contributed by atoms with Gasteiger partial charge in [-0.05, 0) is 62.2 Å². The molecule has 4 rings (SSSR count). The number of likely N-dealkylation sites (tertiary alicyclic amines) is 1. The largest absolute Gasteiger partial charge is 0.296 e. The average molecular weight is 241 g/mol. The standard InChI is InChI=1S/C17H23N/c1-18-13-12-16-9-4-5-10-17(16,18)15-7-3-2-6-14(15)8-11-16/h2-3,6-7H,4-5,8-13H2,1H3/t16-,17-/m1/s1. The van der Waals surface area contributed by atoms with Gasteiger partial charge < -0.3 is 0 Å². The highest BCUT2D eigenvalue weighted by Gasteiger charge is 2.60. The van der Waals surface area contributed by atoms with E-state index in [0.29, 0.717) is 11.0 Å². The lowest BCUT2D eigenvalue weighted by Crippen LogP contribution is -2.54. The third-order valence-electron chi connectivity index (χ3n) is 6.23. The molecule has 1 aliphatic heterocycles. The molecule has 2 fully saturated rings. The molecule has 3 aliphatic rings. The van der Waals surface area contributed by atoms with Gasteiger partial charge in [-0.25, -0.2) is 0 Å². The maximum atomic E-state index is 2.70. The molecule has 1 nitrogen and oxygen atoms in total. The molecule has 96 valence electrons. The molecular formula is C17H23N. The Hall–Kier alpha value is -0.820. The summed E-state index contributed by atoms with van der Waals surface area (Å²) in [5.74, 6) is 0. The smallest absolute Gasteiger partial charge is 0.0517 e. The van der Waals surface area contributed by atoms with Gasteiger partial charge >= 0.3 is 0 Å². The van der Waals surface area contributed by atoms with Gasteiger partial charge in [0.15, 0.2) is 0 Å². The van der Waals surface area contributed by atoms with E-state index >= 15 is 0 Å². The molecule has 2 atom stereocenters. The zero-order valence-electron chi connectivity index (χ0n) is 11.4. The van der Waals surface area contributed by atoms with Crippen LogP contribution in [0.2, 0.25) is 0 Å². The van der Waals surface area contributed by atoms with E-state index in [-0.39, 0.29) is 0 Å². The third kappa shape index (κ3) is 1.12. The first-order valence-electron chi connectivity index (χ1n) is 7.58. The lowest BCUT2D eigenvalue weighted by Gasteiger charge is -2.56. The third-order valence-corrected chi connectivity index (χ3v) is 6.23. The van der Waals surface area contributed by atoms with E-state index in [4.69, 9.17) is 0 Å². The first kappa shape index (κ1) is 11.0. The Morgan fingerprint density at radius 3 is 2.78 bits per heavy atom. The van der Waals surface area contributed by atoms with Crippen LogP contribution in [0.5, 0.6) is 0 Å². The predicted molar refractivity (Wildman–Crippen MR) is 74.6 cm³/mol. The molecule has 0 radical (unpaired) electrons. The van der Waals surface area contributed by atoms with Crippen molar-refractivity contribution in [3.63, 3.8) is 0 Å². The van der Waals surface area contributed by atoms with Gasteiger partial charge in [0.25, 0.3) is 0 Å². The quantitative estimate of drug-likeness (QED) is 0.669. The second-order valence-corrected chi connectivity index (χ2v) is 6.68. The Kier molecular flexibility index (Phi) is 2.21. The fourth-order valence-electron chi connectivity index (χ4n) is 5.41. The van der Waals surface area contributed by atoms with Crippen LogP contribution in [-0.4, -0.2) is 18.5 Å². The Balaban J connectivity index is 1.97. The van der Waals surface area contributed by atoms with Gasteiger partial charge in [0.1, 0.15) is 0 Å². The summed E-state index contributed by atoms with van der Waals surface area (Å²) in [7, 11) is 2.37. The van der Waals surface area contributed by atoms with Gasteiger partial charge in [-0.2, -0.15) is 0 Å². The van der Waals surface area contributed by atoms with Gasteiger partial charge in [0.2, 0.25) is 0 Å². The summed E-state index contributed by atoms with van der Waals surface area (Å²) in [6.07, 6.45) is 9.89. The molecule has 1 saturated carbocycles.